The Hall–Kier alpha value is -0.280. The maximum absolute atomic E-state index is 10.9. The number of nitrogens with zero attached hydrogens (tertiary/aromatic N) is 1. The third-order valence-corrected chi connectivity index (χ3v) is 5.53. The molecule has 0 saturated heterocycles. The number of benzene rings is 1. The Morgan fingerprint density at radius 3 is 2.67 bits per heavy atom. The average Bonchev–Trinajstić information content (AvgIpc) is 2.41. The molecule has 3 atom stereocenters. The van der Waals surface area contributed by atoms with Gasteiger partial charge in [0.05, 0.1) is 6.10 Å². The van der Waals surface area contributed by atoms with Crippen LogP contribution in [-0.4, -0.2) is 35.7 Å². The highest BCUT2D eigenvalue weighted by atomic mass is 35.5. The molecule has 118 valence electrons. The highest BCUT2D eigenvalue weighted by Gasteiger charge is 2.43. The maximum Gasteiger partial charge on any atom is 0.0764 e. The summed E-state index contributed by atoms with van der Waals surface area (Å²) >= 11 is 12.2. The van der Waals surface area contributed by atoms with Crippen molar-refractivity contribution in [3.63, 3.8) is 0 Å². The summed E-state index contributed by atoms with van der Waals surface area (Å²) in [7, 11) is 4.15. The van der Waals surface area contributed by atoms with Gasteiger partial charge in [0, 0.05) is 22.0 Å². The number of aliphatic hydroxyl groups is 1. The quantitative estimate of drug-likeness (QED) is 0.884. The van der Waals surface area contributed by atoms with Gasteiger partial charge in [-0.05, 0) is 50.6 Å². The van der Waals surface area contributed by atoms with Crippen molar-refractivity contribution >= 4 is 23.2 Å². The SMILES string of the molecule is CC1CCCC(C(O)Cc2ccc(Cl)cc2Cl)(N(C)C)C1. The van der Waals surface area contributed by atoms with Gasteiger partial charge in [-0.1, -0.05) is 49.0 Å². The van der Waals surface area contributed by atoms with Crippen molar-refractivity contribution in [1.82, 2.24) is 4.90 Å². The van der Waals surface area contributed by atoms with E-state index in [-0.39, 0.29) is 5.54 Å². The van der Waals surface area contributed by atoms with Gasteiger partial charge in [0.2, 0.25) is 0 Å². The summed E-state index contributed by atoms with van der Waals surface area (Å²) in [6, 6.07) is 5.50. The lowest BCUT2D eigenvalue weighted by Crippen LogP contribution is -2.56. The van der Waals surface area contributed by atoms with Gasteiger partial charge in [-0.15, -0.1) is 0 Å². The predicted molar refractivity (Wildman–Crippen MR) is 90.2 cm³/mol. The van der Waals surface area contributed by atoms with E-state index in [9.17, 15) is 5.11 Å². The molecule has 1 N–H and O–H groups in total. The molecule has 0 amide bonds. The third-order valence-electron chi connectivity index (χ3n) is 4.95. The van der Waals surface area contributed by atoms with Crippen LogP contribution in [0.25, 0.3) is 0 Å². The van der Waals surface area contributed by atoms with Gasteiger partial charge in [-0.3, -0.25) is 0 Å². The fourth-order valence-electron chi connectivity index (χ4n) is 3.66. The smallest absolute Gasteiger partial charge is 0.0764 e. The van der Waals surface area contributed by atoms with E-state index in [1.807, 2.05) is 12.1 Å². The van der Waals surface area contributed by atoms with Crippen LogP contribution in [0.15, 0.2) is 18.2 Å². The highest BCUT2D eigenvalue weighted by molar-refractivity contribution is 6.35. The molecule has 21 heavy (non-hydrogen) atoms. The maximum atomic E-state index is 10.9. The van der Waals surface area contributed by atoms with Crippen molar-refractivity contribution < 1.29 is 5.11 Å². The van der Waals surface area contributed by atoms with Crippen LogP contribution in [0, 0.1) is 5.92 Å². The summed E-state index contributed by atoms with van der Waals surface area (Å²) in [6.45, 7) is 2.28. The number of aliphatic hydroxyl groups excluding tert-OH is 1. The standard InChI is InChI=1S/C17H25Cl2NO/c1-12-5-4-8-17(11-12,20(2)3)16(21)9-13-6-7-14(18)10-15(13)19/h6-7,10,12,16,21H,4-5,8-9,11H2,1-3H3. The normalized spacial score (nSPS) is 27.9. The summed E-state index contributed by atoms with van der Waals surface area (Å²) in [5.41, 5.74) is 0.814. The first kappa shape index (κ1) is 17.1. The molecule has 0 heterocycles. The molecule has 0 aromatic heterocycles. The van der Waals surface area contributed by atoms with Crippen molar-refractivity contribution in [1.29, 1.82) is 0 Å². The van der Waals surface area contributed by atoms with E-state index < -0.39 is 6.10 Å². The van der Waals surface area contributed by atoms with Crippen molar-refractivity contribution in [3.8, 4) is 0 Å². The molecule has 0 radical (unpaired) electrons. The van der Waals surface area contributed by atoms with E-state index in [0.29, 0.717) is 22.4 Å². The van der Waals surface area contributed by atoms with Crippen LogP contribution in [0.5, 0.6) is 0 Å². The first-order chi connectivity index (χ1) is 9.85. The van der Waals surface area contributed by atoms with Crippen LogP contribution < -0.4 is 0 Å². The van der Waals surface area contributed by atoms with Crippen LogP contribution in [0.2, 0.25) is 10.0 Å². The van der Waals surface area contributed by atoms with Crippen molar-refractivity contribution in [2.24, 2.45) is 5.92 Å². The molecule has 4 heteroatoms. The molecule has 3 unspecified atom stereocenters. The zero-order chi connectivity index (χ0) is 15.6. The largest absolute Gasteiger partial charge is 0.391 e. The number of hydrogen-bond acceptors (Lipinski definition) is 2. The molecule has 1 aromatic carbocycles. The molecule has 2 rings (SSSR count). The minimum absolute atomic E-state index is 0.152. The molecule has 2 nitrogen and oxygen atoms in total. The zero-order valence-electron chi connectivity index (χ0n) is 13.1. The van der Waals surface area contributed by atoms with Crippen LogP contribution in [0.3, 0.4) is 0 Å². The lowest BCUT2D eigenvalue weighted by Gasteiger charge is -2.48. The molecule has 0 aliphatic heterocycles. The molecule has 1 aliphatic carbocycles. The minimum atomic E-state index is -0.422. The van der Waals surface area contributed by atoms with Crippen molar-refractivity contribution in [2.75, 3.05) is 14.1 Å². The van der Waals surface area contributed by atoms with E-state index >= 15 is 0 Å². The Morgan fingerprint density at radius 1 is 1.38 bits per heavy atom. The van der Waals surface area contributed by atoms with E-state index in [4.69, 9.17) is 23.2 Å². The van der Waals surface area contributed by atoms with Gasteiger partial charge in [0.15, 0.2) is 0 Å². The van der Waals surface area contributed by atoms with Crippen molar-refractivity contribution in [3.05, 3.63) is 33.8 Å². The highest BCUT2D eigenvalue weighted by Crippen LogP contribution is 2.39. The van der Waals surface area contributed by atoms with E-state index in [0.717, 1.165) is 18.4 Å². The number of halogens is 2. The second kappa shape index (κ2) is 6.87. The Bertz CT molecular complexity index is 492. The van der Waals surface area contributed by atoms with Crippen LogP contribution >= 0.6 is 23.2 Å². The Morgan fingerprint density at radius 2 is 2.10 bits per heavy atom. The van der Waals surface area contributed by atoms with E-state index in [1.54, 1.807) is 6.07 Å². The second-order valence-corrected chi connectivity index (χ2v) is 7.50. The molecule has 1 saturated carbocycles. The number of hydrogen-bond donors (Lipinski definition) is 1. The fourth-order valence-corrected chi connectivity index (χ4v) is 4.14. The summed E-state index contributed by atoms with van der Waals surface area (Å²) in [4.78, 5) is 2.21. The van der Waals surface area contributed by atoms with Crippen LogP contribution in [0.1, 0.15) is 38.2 Å². The summed E-state index contributed by atoms with van der Waals surface area (Å²) < 4.78 is 0. The van der Waals surface area contributed by atoms with Crippen LogP contribution in [-0.2, 0) is 6.42 Å². The van der Waals surface area contributed by atoms with Gasteiger partial charge in [0.25, 0.3) is 0 Å². The number of likely N-dealkylation sites (N-methyl/N-ethyl adjacent to an activating group) is 1. The fraction of sp³-hybridized carbons (Fsp3) is 0.647. The lowest BCUT2D eigenvalue weighted by molar-refractivity contribution is -0.0424. The first-order valence-corrected chi connectivity index (χ1v) is 8.40. The monoisotopic (exact) mass is 329 g/mol. The van der Waals surface area contributed by atoms with Gasteiger partial charge >= 0.3 is 0 Å². The molecule has 1 aliphatic rings. The summed E-state index contributed by atoms with van der Waals surface area (Å²) in [5, 5.41) is 12.2. The Kier molecular flexibility index (Phi) is 5.59. The molecule has 0 spiro atoms. The van der Waals surface area contributed by atoms with Gasteiger partial charge in [0.1, 0.15) is 0 Å². The topological polar surface area (TPSA) is 23.5 Å². The molecule has 1 aromatic rings. The van der Waals surface area contributed by atoms with Crippen LogP contribution in [0.4, 0.5) is 0 Å². The van der Waals surface area contributed by atoms with Gasteiger partial charge < -0.3 is 10.0 Å². The number of rotatable bonds is 4. The third kappa shape index (κ3) is 3.73. The second-order valence-electron chi connectivity index (χ2n) is 6.66. The van der Waals surface area contributed by atoms with Gasteiger partial charge in [-0.25, -0.2) is 0 Å². The average molecular weight is 330 g/mol. The predicted octanol–water partition coefficient (Wildman–Crippen LogP) is 4.41. The lowest BCUT2D eigenvalue weighted by atomic mass is 9.71. The molecule has 1 fully saturated rings. The first-order valence-electron chi connectivity index (χ1n) is 7.64. The van der Waals surface area contributed by atoms with E-state index in [2.05, 4.69) is 25.9 Å². The molecular formula is C17H25Cl2NO. The summed E-state index contributed by atoms with van der Waals surface area (Å²) in [6.07, 6.45) is 4.65. The Labute approximate surface area is 138 Å². The summed E-state index contributed by atoms with van der Waals surface area (Å²) in [5.74, 6) is 0.650. The van der Waals surface area contributed by atoms with Gasteiger partial charge in [-0.2, -0.15) is 0 Å². The molecular weight excluding hydrogens is 305 g/mol. The van der Waals surface area contributed by atoms with E-state index in [1.165, 1.54) is 12.8 Å². The minimum Gasteiger partial charge on any atom is -0.391 e. The van der Waals surface area contributed by atoms with Crippen molar-refractivity contribution in [2.45, 2.75) is 50.7 Å². The Balaban J connectivity index is 2.21. The zero-order valence-corrected chi connectivity index (χ0v) is 14.6. The molecule has 0 bridgehead atoms.